The quantitative estimate of drug-likeness (QED) is 0.211. The fraction of sp³-hybridized carbons (Fsp3) is 0.241. The average molecular weight is 609 g/mol. The molecule has 0 radical (unpaired) electrons. The lowest BCUT2D eigenvalue weighted by Crippen LogP contribution is -2.25. The minimum atomic E-state index is -0.628. The van der Waals surface area contributed by atoms with E-state index >= 15 is 0 Å². The number of nitriles is 2. The van der Waals surface area contributed by atoms with Gasteiger partial charge in [0.05, 0.1) is 27.9 Å². The second-order valence-electron chi connectivity index (χ2n) is 9.50. The van der Waals surface area contributed by atoms with Crippen LogP contribution in [0.4, 0.5) is 5.82 Å². The van der Waals surface area contributed by atoms with E-state index < -0.39 is 5.79 Å². The predicted molar refractivity (Wildman–Crippen MR) is 155 cm³/mol. The highest BCUT2D eigenvalue weighted by Crippen LogP contribution is 2.37. The molecule has 2 N–H and O–H groups in total. The van der Waals surface area contributed by atoms with Crippen LogP contribution in [0.1, 0.15) is 30.7 Å². The van der Waals surface area contributed by atoms with Crippen LogP contribution in [-0.2, 0) is 15.2 Å². The number of nitrogen functional groups attached to an aromatic ring is 1. The molecule has 9 nitrogen and oxygen atoms in total. The zero-order valence-electron chi connectivity index (χ0n) is 22.0. The summed E-state index contributed by atoms with van der Waals surface area (Å²) in [5, 5.41) is 21.2. The number of hydrogen-bond donors (Lipinski definition) is 1. The second kappa shape index (κ2) is 12.0. The summed E-state index contributed by atoms with van der Waals surface area (Å²) in [6.07, 6.45) is 1.34. The number of hydrogen-bond acceptors (Lipinski definition) is 10. The maximum atomic E-state index is 10.1. The summed E-state index contributed by atoms with van der Waals surface area (Å²) < 4.78 is 22.8. The number of rotatable bonds is 8. The third-order valence-corrected chi connectivity index (χ3v) is 7.88. The Kier molecular flexibility index (Phi) is 8.41. The Labute approximate surface area is 250 Å². The number of nitrogens with two attached hydrogens (primary N) is 1. The van der Waals surface area contributed by atoms with Crippen LogP contribution in [-0.4, -0.2) is 35.1 Å². The Balaban J connectivity index is 1.35. The topological polar surface area (TPSA) is 140 Å². The smallest absolute Gasteiger partial charge is 0.226 e. The fourth-order valence-corrected chi connectivity index (χ4v) is 5.39. The number of benzene rings is 2. The lowest BCUT2D eigenvalue weighted by molar-refractivity contribution is -0.141. The molecule has 41 heavy (non-hydrogen) atoms. The zero-order chi connectivity index (χ0) is 29.1. The van der Waals surface area contributed by atoms with Crippen molar-refractivity contribution in [3.63, 3.8) is 0 Å². The first kappa shape index (κ1) is 28.7. The van der Waals surface area contributed by atoms with E-state index in [1.807, 2.05) is 13.8 Å². The van der Waals surface area contributed by atoms with Gasteiger partial charge in [0.15, 0.2) is 5.79 Å². The maximum Gasteiger partial charge on any atom is 0.226 e. The summed E-state index contributed by atoms with van der Waals surface area (Å²) in [4.78, 5) is 8.87. The van der Waals surface area contributed by atoms with Gasteiger partial charge in [0.25, 0.3) is 0 Å². The Morgan fingerprint density at radius 1 is 1.05 bits per heavy atom. The normalized spacial score (nSPS) is 15.8. The maximum absolute atomic E-state index is 10.1. The largest absolute Gasteiger partial charge is 0.491 e. The van der Waals surface area contributed by atoms with E-state index in [4.69, 9.17) is 47.6 Å². The first-order valence-electron chi connectivity index (χ1n) is 12.4. The average Bonchev–Trinajstić information content (AvgIpc) is 3.58. The van der Waals surface area contributed by atoms with Crippen LogP contribution < -0.4 is 10.5 Å². The second-order valence-corrected chi connectivity index (χ2v) is 11.3. The third kappa shape index (κ3) is 6.43. The Bertz CT molecular complexity index is 1680. The highest BCUT2D eigenvalue weighted by molar-refractivity contribution is 7.98. The molecule has 4 aromatic rings. The van der Waals surface area contributed by atoms with E-state index in [1.165, 1.54) is 18.0 Å². The van der Waals surface area contributed by atoms with Crippen LogP contribution in [0.2, 0.25) is 10.0 Å². The molecule has 12 heteroatoms. The first-order valence-corrected chi connectivity index (χ1v) is 14.1. The van der Waals surface area contributed by atoms with Crippen LogP contribution in [0.25, 0.3) is 22.6 Å². The van der Waals surface area contributed by atoms with Crippen molar-refractivity contribution in [3.8, 4) is 40.5 Å². The number of nitrogens with zero attached hydrogens (tertiary/aromatic N) is 4. The van der Waals surface area contributed by atoms with Crippen molar-refractivity contribution in [2.45, 2.75) is 36.5 Å². The molecule has 0 spiro atoms. The van der Waals surface area contributed by atoms with Crippen LogP contribution in [0.3, 0.4) is 0 Å². The molecule has 0 amide bonds. The summed E-state index contributed by atoms with van der Waals surface area (Å²) in [5.41, 5.74) is 8.87. The van der Waals surface area contributed by atoms with Crippen LogP contribution in [0, 0.1) is 22.7 Å². The molecular weight excluding hydrogens is 585 g/mol. The van der Waals surface area contributed by atoms with E-state index in [-0.39, 0.29) is 23.0 Å². The highest BCUT2D eigenvalue weighted by Gasteiger charge is 2.33. The number of anilines is 1. The van der Waals surface area contributed by atoms with Crippen LogP contribution in [0.15, 0.2) is 58.2 Å². The Morgan fingerprint density at radius 3 is 2.44 bits per heavy atom. The number of oxazole rings is 1. The Hall–Kier alpha value is -3.77. The van der Waals surface area contributed by atoms with Gasteiger partial charge in [-0.3, -0.25) is 0 Å². The molecule has 1 saturated heterocycles. The molecule has 0 bridgehead atoms. The summed E-state index contributed by atoms with van der Waals surface area (Å²) in [6, 6.07) is 16.5. The van der Waals surface area contributed by atoms with Gasteiger partial charge in [0.2, 0.25) is 5.89 Å². The summed E-state index contributed by atoms with van der Waals surface area (Å²) in [7, 11) is 0. The molecule has 5 rings (SSSR count). The van der Waals surface area contributed by atoms with Crippen LogP contribution in [0.5, 0.6) is 5.75 Å². The molecule has 1 fully saturated rings. The standard InChI is InChI=1S/C29H23Cl2N5O4S/c1-29(2)39-14-20(40-29)13-37-19-6-3-16(4-7-19)25-21(10-32)26(34)36-28(22(25)11-33)41-15-18-12-38-27(35-18)17-5-8-23(30)24(31)9-17/h3-9,12,20H,13-15H2,1-2H3,(H2,34,36)/t20-/m1/s1. The lowest BCUT2D eigenvalue weighted by atomic mass is 9.97. The van der Waals surface area contributed by atoms with Crippen molar-refractivity contribution in [1.29, 1.82) is 10.5 Å². The number of pyridine rings is 1. The van der Waals surface area contributed by atoms with E-state index in [2.05, 4.69) is 22.1 Å². The summed E-state index contributed by atoms with van der Waals surface area (Å²) >= 11 is 13.4. The van der Waals surface area contributed by atoms with Gasteiger partial charge in [0.1, 0.15) is 53.3 Å². The van der Waals surface area contributed by atoms with Gasteiger partial charge in [-0.2, -0.15) is 10.5 Å². The summed E-state index contributed by atoms with van der Waals surface area (Å²) in [5.74, 6) is 0.734. The van der Waals surface area contributed by atoms with Gasteiger partial charge in [-0.25, -0.2) is 9.97 Å². The van der Waals surface area contributed by atoms with Gasteiger partial charge in [-0.05, 0) is 49.7 Å². The van der Waals surface area contributed by atoms with E-state index in [0.717, 1.165) is 0 Å². The molecule has 3 heterocycles. The van der Waals surface area contributed by atoms with Crippen molar-refractivity contribution in [1.82, 2.24) is 9.97 Å². The van der Waals surface area contributed by atoms with Crippen molar-refractivity contribution >= 4 is 40.8 Å². The number of aromatic nitrogens is 2. The minimum Gasteiger partial charge on any atom is -0.491 e. The molecule has 2 aromatic heterocycles. The van der Waals surface area contributed by atoms with Crippen molar-refractivity contribution in [3.05, 3.63) is 75.6 Å². The van der Waals surface area contributed by atoms with E-state index in [0.29, 0.717) is 68.1 Å². The Morgan fingerprint density at radius 2 is 1.78 bits per heavy atom. The molecule has 208 valence electrons. The molecule has 1 aliphatic heterocycles. The van der Waals surface area contributed by atoms with Crippen LogP contribution >= 0.6 is 35.0 Å². The highest BCUT2D eigenvalue weighted by atomic mass is 35.5. The number of thioether (sulfide) groups is 1. The lowest BCUT2D eigenvalue weighted by Gasteiger charge is -2.17. The molecule has 0 unspecified atom stereocenters. The molecule has 1 aliphatic rings. The fourth-order valence-electron chi connectivity index (χ4n) is 4.22. The molecule has 1 atom stereocenters. The molecule has 2 aromatic carbocycles. The van der Waals surface area contributed by atoms with Crippen molar-refractivity contribution in [2.24, 2.45) is 0 Å². The molecule has 0 saturated carbocycles. The molecule has 0 aliphatic carbocycles. The van der Waals surface area contributed by atoms with Gasteiger partial charge in [-0.1, -0.05) is 47.1 Å². The molecular formula is C29H23Cl2N5O4S. The van der Waals surface area contributed by atoms with E-state index in [9.17, 15) is 10.5 Å². The first-order chi connectivity index (χ1) is 19.7. The van der Waals surface area contributed by atoms with Gasteiger partial charge in [0, 0.05) is 16.9 Å². The van der Waals surface area contributed by atoms with Gasteiger partial charge < -0.3 is 24.4 Å². The number of halogens is 2. The van der Waals surface area contributed by atoms with E-state index in [1.54, 1.807) is 42.5 Å². The van der Waals surface area contributed by atoms with Gasteiger partial charge in [-0.15, -0.1) is 0 Å². The van der Waals surface area contributed by atoms with Crippen molar-refractivity contribution < 1.29 is 18.6 Å². The predicted octanol–water partition coefficient (Wildman–Crippen LogP) is 6.86. The monoisotopic (exact) mass is 607 g/mol. The van der Waals surface area contributed by atoms with Gasteiger partial charge >= 0.3 is 0 Å². The zero-order valence-corrected chi connectivity index (χ0v) is 24.3. The van der Waals surface area contributed by atoms with Crippen molar-refractivity contribution in [2.75, 3.05) is 18.9 Å². The summed E-state index contributed by atoms with van der Waals surface area (Å²) in [6.45, 7) is 4.49. The SMILES string of the molecule is CC1(C)OC[C@@H](COc2ccc(-c3c(C#N)c(N)nc(SCc4coc(-c5ccc(Cl)c(Cl)c5)n4)c3C#N)cc2)O1. The number of ether oxygens (including phenoxy) is 3. The minimum absolute atomic E-state index is 0.0296. The third-order valence-electron chi connectivity index (χ3n) is 6.14.